The van der Waals surface area contributed by atoms with Crippen LogP contribution in [0.5, 0.6) is 0 Å². The summed E-state index contributed by atoms with van der Waals surface area (Å²) in [5, 5.41) is 36.0. The molecule has 1 aliphatic rings. The minimum absolute atomic E-state index is 0.00537. The van der Waals surface area contributed by atoms with Crippen LogP contribution in [0.1, 0.15) is 37.3 Å². The van der Waals surface area contributed by atoms with E-state index in [2.05, 4.69) is 4.98 Å². The van der Waals surface area contributed by atoms with Crippen molar-refractivity contribution in [3.63, 3.8) is 0 Å². The molecule has 11 nitrogen and oxygen atoms in total. The normalized spacial score (nSPS) is 24.5. The van der Waals surface area contributed by atoms with Crippen LogP contribution in [0.3, 0.4) is 0 Å². The molecule has 1 fully saturated rings. The van der Waals surface area contributed by atoms with Gasteiger partial charge in [-0.15, -0.1) is 0 Å². The Morgan fingerprint density at radius 2 is 1.24 bits per heavy atom. The third-order valence-corrected chi connectivity index (χ3v) is 7.11. The second-order valence-corrected chi connectivity index (χ2v) is 9.55. The van der Waals surface area contributed by atoms with Gasteiger partial charge in [0.2, 0.25) is 17.2 Å². The van der Waals surface area contributed by atoms with Crippen molar-refractivity contribution in [1.29, 1.82) is 0 Å². The van der Waals surface area contributed by atoms with Crippen LogP contribution in [-0.2, 0) is 4.74 Å². The Morgan fingerprint density at radius 1 is 0.780 bits per heavy atom. The van der Waals surface area contributed by atoms with Crippen molar-refractivity contribution in [3.8, 4) is 0 Å². The number of aromatic nitrogens is 2. The molecule has 2 heterocycles. The van der Waals surface area contributed by atoms with Crippen LogP contribution in [0.4, 0.5) is 5.82 Å². The highest BCUT2D eigenvalue weighted by Crippen LogP contribution is 2.50. The number of aliphatic hydroxyl groups is 3. The highest BCUT2D eigenvalue weighted by molar-refractivity contribution is 6.14. The standard InChI is InChI=1S/C30H25N3O8/c31-21-16-17-33(28(38)32-21)27-30(40,25(37)20-14-8-3-9-15-20)29(39,24(36)19-12-6-2-7-13-19)26(41-27)23(35)22(34)18-10-4-1-5-11-18/h1-17,23,26-27,35,39-40H,(H2,31,32,38)/t23?,26-,27-,29-,30+/m1/s1. The largest absolute Gasteiger partial charge is 0.383 e. The molecule has 0 aliphatic carbocycles. The summed E-state index contributed by atoms with van der Waals surface area (Å²) in [5.41, 5.74) is -2.33. The van der Waals surface area contributed by atoms with Gasteiger partial charge in [0, 0.05) is 22.9 Å². The number of hydrogen-bond donors (Lipinski definition) is 4. The van der Waals surface area contributed by atoms with Gasteiger partial charge in [0.05, 0.1) is 0 Å². The molecule has 0 amide bonds. The molecular formula is C30H25N3O8. The first-order valence-corrected chi connectivity index (χ1v) is 12.5. The molecule has 1 aliphatic heterocycles. The molecule has 208 valence electrons. The molecule has 0 radical (unpaired) electrons. The Balaban J connectivity index is 1.77. The van der Waals surface area contributed by atoms with Crippen molar-refractivity contribution in [3.05, 3.63) is 130 Å². The van der Waals surface area contributed by atoms with E-state index in [1.807, 2.05) is 0 Å². The van der Waals surface area contributed by atoms with E-state index < -0.39 is 52.7 Å². The number of aliphatic hydroxyl groups excluding tert-OH is 1. The molecule has 5 N–H and O–H groups in total. The monoisotopic (exact) mass is 555 g/mol. The number of nitrogen functional groups attached to an aromatic ring is 1. The number of carbonyl (C=O) groups excluding carboxylic acids is 3. The number of rotatable bonds is 8. The lowest BCUT2D eigenvalue weighted by Crippen LogP contribution is -2.69. The van der Waals surface area contributed by atoms with E-state index in [-0.39, 0.29) is 22.5 Å². The number of ketones is 3. The van der Waals surface area contributed by atoms with Gasteiger partial charge in [-0.25, -0.2) is 4.79 Å². The predicted octanol–water partition coefficient (Wildman–Crippen LogP) is 1.19. The zero-order valence-electron chi connectivity index (χ0n) is 21.4. The van der Waals surface area contributed by atoms with Gasteiger partial charge in [-0.2, -0.15) is 4.98 Å². The zero-order chi connectivity index (χ0) is 29.4. The average Bonchev–Trinajstić information content (AvgIpc) is 3.25. The molecule has 5 atom stereocenters. The van der Waals surface area contributed by atoms with Crippen LogP contribution in [0.25, 0.3) is 0 Å². The molecule has 1 unspecified atom stereocenters. The number of benzene rings is 3. The highest BCUT2D eigenvalue weighted by atomic mass is 16.6. The van der Waals surface area contributed by atoms with E-state index in [0.29, 0.717) is 4.57 Å². The van der Waals surface area contributed by atoms with E-state index in [9.17, 15) is 34.5 Å². The summed E-state index contributed by atoms with van der Waals surface area (Å²) < 4.78 is 6.53. The SMILES string of the molecule is Nc1ccn([C@@H]2O[C@H](C(O)C(=O)c3ccccc3)[C@](O)(C(=O)c3ccccc3)[C@]2(O)C(=O)c2ccccc2)c(=O)n1. The molecule has 4 aromatic rings. The van der Waals surface area contributed by atoms with Crippen molar-refractivity contribution in [2.45, 2.75) is 29.6 Å². The van der Waals surface area contributed by atoms with Crippen molar-refractivity contribution in [2.24, 2.45) is 0 Å². The van der Waals surface area contributed by atoms with Gasteiger partial charge < -0.3 is 25.8 Å². The van der Waals surface area contributed by atoms with Gasteiger partial charge in [0.1, 0.15) is 18.0 Å². The number of hydrogen-bond acceptors (Lipinski definition) is 10. The summed E-state index contributed by atoms with van der Waals surface area (Å²) in [4.78, 5) is 58.1. The zero-order valence-corrected chi connectivity index (χ0v) is 21.4. The molecule has 3 aromatic carbocycles. The van der Waals surface area contributed by atoms with Crippen molar-refractivity contribution < 1.29 is 34.4 Å². The van der Waals surface area contributed by atoms with Crippen LogP contribution in [0.2, 0.25) is 0 Å². The summed E-state index contributed by atoms with van der Waals surface area (Å²) in [6, 6.07) is 23.1. The maximum Gasteiger partial charge on any atom is 0.351 e. The minimum Gasteiger partial charge on any atom is -0.383 e. The smallest absolute Gasteiger partial charge is 0.351 e. The Labute approximate surface area is 233 Å². The van der Waals surface area contributed by atoms with E-state index in [1.165, 1.54) is 78.9 Å². The number of ether oxygens (including phenoxy) is 1. The third-order valence-electron chi connectivity index (χ3n) is 7.11. The maximum atomic E-state index is 14.1. The molecular weight excluding hydrogens is 530 g/mol. The van der Waals surface area contributed by atoms with Gasteiger partial charge in [0.25, 0.3) is 0 Å². The summed E-state index contributed by atoms with van der Waals surface area (Å²) in [5.74, 6) is -3.59. The number of nitrogens with zero attached hydrogens (tertiary/aromatic N) is 2. The van der Waals surface area contributed by atoms with Crippen LogP contribution in [0.15, 0.2) is 108 Å². The van der Waals surface area contributed by atoms with E-state index in [1.54, 1.807) is 18.2 Å². The van der Waals surface area contributed by atoms with Gasteiger partial charge in [-0.1, -0.05) is 91.0 Å². The summed E-state index contributed by atoms with van der Waals surface area (Å²) in [6.45, 7) is 0. The molecule has 5 rings (SSSR count). The van der Waals surface area contributed by atoms with Crippen molar-refractivity contribution >= 4 is 23.2 Å². The Morgan fingerprint density at radius 3 is 1.73 bits per heavy atom. The average molecular weight is 556 g/mol. The van der Waals surface area contributed by atoms with Crippen LogP contribution in [-0.4, -0.2) is 65.6 Å². The lowest BCUT2D eigenvalue weighted by atomic mass is 9.69. The third kappa shape index (κ3) is 4.46. The van der Waals surface area contributed by atoms with E-state index in [0.717, 1.165) is 6.20 Å². The molecule has 0 spiro atoms. The fourth-order valence-electron chi connectivity index (χ4n) is 5.03. The predicted molar refractivity (Wildman–Crippen MR) is 145 cm³/mol. The first kappa shape index (κ1) is 27.7. The summed E-state index contributed by atoms with van der Waals surface area (Å²) in [6.07, 6.45) is -5.57. The highest BCUT2D eigenvalue weighted by Gasteiger charge is 2.75. The number of Topliss-reactive ketones (excluding diaryl/α,β-unsaturated/α-hetero) is 3. The Kier molecular flexibility index (Phi) is 7.20. The minimum atomic E-state index is -3.30. The van der Waals surface area contributed by atoms with E-state index >= 15 is 0 Å². The molecule has 0 saturated carbocycles. The lowest BCUT2D eigenvalue weighted by molar-refractivity contribution is -0.108. The van der Waals surface area contributed by atoms with Crippen LogP contribution < -0.4 is 11.4 Å². The molecule has 1 aromatic heterocycles. The summed E-state index contributed by atoms with van der Waals surface area (Å²) in [7, 11) is 0. The van der Waals surface area contributed by atoms with Gasteiger partial charge in [0.15, 0.2) is 17.6 Å². The number of nitrogens with two attached hydrogens (primary N) is 1. The second kappa shape index (κ2) is 10.6. The molecule has 1 saturated heterocycles. The quantitative estimate of drug-likeness (QED) is 0.231. The van der Waals surface area contributed by atoms with Gasteiger partial charge in [-0.05, 0) is 6.07 Å². The Hall–Kier alpha value is -4.81. The topological polar surface area (TPSA) is 182 Å². The fourth-order valence-corrected chi connectivity index (χ4v) is 5.03. The fraction of sp³-hybridized carbons (Fsp3) is 0.167. The summed E-state index contributed by atoms with van der Waals surface area (Å²) >= 11 is 0. The Bertz CT molecular complexity index is 1660. The van der Waals surface area contributed by atoms with Crippen molar-refractivity contribution in [1.82, 2.24) is 9.55 Å². The molecule has 41 heavy (non-hydrogen) atoms. The maximum absolute atomic E-state index is 14.1. The second-order valence-electron chi connectivity index (χ2n) is 9.55. The molecule has 0 bridgehead atoms. The lowest BCUT2D eigenvalue weighted by Gasteiger charge is -2.39. The van der Waals surface area contributed by atoms with Crippen molar-refractivity contribution in [2.75, 3.05) is 5.73 Å². The molecule has 11 heteroatoms. The van der Waals surface area contributed by atoms with E-state index in [4.69, 9.17) is 10.5 Å². The van der Waals surface area contributed by atoms with Crippen LogP contribution >= 0.6 is 0 Å². The van der Waals surface area contributed by atoms with Crippen LogP contribution in [0, 0.1) is 0 Å². The van der Waals surface area contributed by atoms with Gasteiger partial charge >= 0.3 is 5.69 Å². The number of carbonyl (C=O) groups is 3. The first-order valence-electron chi connectivity index (χ1n) is 12.5. The van der Waals surface area contributed by atoms with Gasteiger partial charge in [-0.3, -0.25) is 19.0 Å². The number of anilines is 1. The first-order chi connectivity index (χ1) is 19.6.